The molecule has 0 radical (unpaired) electrons. The third-order valence-electron chi connectivity index (χ3n) is 2.82. The van der Waals surface area contributed by atoms with Gasteiger partial charge in [-0.1, -0.05) is 35.9 Å². The first-order valence-corrected chi connectivity index (χ1v) is 6.24. The molecule has 0 amide bonds. The van der Waals surface area contributed by atoms with Gasteiger partial charge in [-0.05, 0) is 24.3 Å². The summed E-state index contributed by atoms with van der Waals surface area (Å²) >= 11 is 5.99. The molecule has 94 valence electrons. The molecule has 3 rings (SSSR count). The Morgan fingerprint density at radius 2 is 1.84 bits per heavy atom. The van der Waals surface area contributed by atoms with Gasteiger partial charge in [0.2, 0.25) is 5.89 Å². The van der Waals surface area contributed by atoms with Crippen molar-refractivity contribution in [1.29, 1.82) is 0 Å². The molecule has 1 heterocycles. The number of aromatic nitrogens is 1. The van der Waals surface area contributed by atoms with Gasteiger partial charge in [0.15, 0.2) is 11.4 Å². The van der Waals surface area contributed by atoms with E-state index in [1.54, 1.807) is 24.3 Å². The molecule has 0 fully saturated rings. The van der Waals surface area contributed by atoms with E-state index in [-0.39, 0.29) is 12.2 Å². The second-order valence-corrected chi connectivity index (χ2v) is 4.56. The quantitative estimate of drug-likeness (QED) is 0.679. The molecule has 0 saturated carbocycles. The molecule has 3 nitrogen and oxygen atoms in total. The van der Waals surface area contributed by atoms with Crippen molar-refractivity contribution in [3.8, 4) is 0 Å². The number of carbonyl (C=O) groups excluding carboxylic acids is 1. The molecule has 0 N–H and O–H groups in total. The number of carbonyl (C=O) groups is 1. The number of hydrogen-bond acceptors (Lipinski definition) is 3. The van der Waals surface area contributed by atoms with Crippen LogP contribution in [0.15, 0.2) is 52.9 Å². The Morgan fingerprint density at radius 3 is 2.63 bits per heavy atom. The summed E-state index contributed by atoms with van der Waals surface area (Å²) in [5, 5.41) is 0.448. The van der Waals surface area contributed by atoms with Gasteiger partial charge in [0.05, 0.1) is 11.4 Å². The predicted molar refractivity (Wildman–Crippen MR) is 73.5 cm³/mol. The SMILES string of the molecule is O=C(Cc1nc2ccccc2o1)c1ccccc1Cl. The molecular weight excluding hydrogens is 262 g/mol. The van der Waals surface area contributed by atoms with Crippen LogP contribution in [0.25, 0.3) is 11.1 Å². The van der Waals surface area contributed by atoms with Crippen LogP contribution in [0.4, 0.5) is 0 Å². The number of oxazole rings is 1. The Bertz CT molecular complexity index is 715. The van der Waals surface area contributed by atoms with Crippen LogP contribution in [0.5, 0.6) is 0 Å². The minimum absolute atomic E-state index is 0.0999. The highest BCUT2D eigenvalue weighted by molar-refractivity contribution is 6.34. The minimum atomic E-state index is -0.0999. The van der Waals surface area contributed by atoms with E-state index in [2.05, 4.69) is 4.98 Å². The molecule has 19 heavy (non-hydrogen) atoms. The third kappa shape index (κ3) is 2.37. The van der Waals surface area contributed by atoms with Crippen LogP contribution in [0.3, 0.4) is 0 Å². The molecule has 2 aromatic carbocycles. The number of para-hydroxylation sites is 2. The molecule has 0 spiro atoms. The average Bonchev–Trinajstić information content (AvgIpc) is 2.81. The van der Waals surface area contributed by atoms with E-state index in [0.717, 1.165) is 5.52 Å². The van der Waals surface area contributed by atoms with Gasteiger partial charge in [0, 0.05) is 5.56 Å². The van der Waals surface area contributed by atoms with E-state index in [1.165, 1.54) is 0 Å². The number of nitrogens with zero attached hydrogens (tertiary/aromatic N) is 1. The van der Waals surface area contributed by atoms with Crippen molar-refractivity contribution in [3.05, 3.63) is 65.0 Å². The Morgan fingerprint density at radius 1 is 1.11 bits per heavy atom. The fraction of sp³-hybridized carbons (Fsp3) is 0.0667. The molecule has 3 aromatic rings. The highest BCUT2D eigenvalue weighted by Crippen LogP contribution is 2.19. The smallest absolute Gasteiger partial charge is 0.203 e. The standard InChI is InChI=1S/C15H10ClNO2/c16-11-6-2-1-5-10(11)13(18)9-15-17-12-7-3-4-8-14(12)19-15/h1-8H,9H2. The summed E-state index contributed by atoms with van der Waals surface area (Å²) in [5.41, 5.74) is 1.93. The van der Waals surface area contributed by atoms with Gasteiger partial charge < -0.3 is 4.42 Å². The van der Waals surface area contributed by atoms with Gasteiger partial charge in [0.25, 0.3) is 0 Å². The van der Waals surface area contributed by atoms with E-state index in [4.69, 9.17) is 16.0 Å². The molecule has 0 unspecified atom stereocenters. The lowest BCUT2D eigenvalue weighted by molar-refractivity contribution is 0.0986. The Labute approximate surface area is 114 Å². The van der Waals surface area contributed by atoms with E-state index in [0.29, 0.717) is 22.1 Å². The zero-order chi connectivity index (χ0) is 13.2. The first kappa shape index (κ1) is 11.9. The van der Waals surface area contributed by atoms with E-state index < -0.39 is 0 Å². The van der Waals surface area contributed by atoms with Crippen LogP contribution in [-0.4, -0.2) is 10.8 Å². The maximum Gasteiger partial charge on any atom is 0.203 e. The van der Waals surface area contributed by atoms with Gasteiger partial charge in [0.1, 0.15) is 5.52 Å². The van der Waals surface area contributed by atoms with Gasteiger partial charge >= 0.3 is 0 Å². The lowest BCUT2D eigenvalue weighted by atomic mass is 10.1. The highest BCUT2D eigenvalue weighted by Gasteiger charge is 2.14. The Kier molecular flexibility index (Phi) is 3.05. The van der Waals surface area contributed by atoms with Crippen LogP contribution >= 0.6 is 11.6 Å². The second kappa shape index (κ2) is 4.86. The Hall–Kier alpha value is -2.13. The number of Topliss-reactive ketones (excluding diaryl/α,β-unsaturated/α-hetero) is 1. The van der Waals surface area contributed by atoms with E-state index in [1.807, 2.05) is 24.3 Å². The van der Waals surface area contributed by atoms with Gasteiger partial charge in [-0.25, -0.2) is 4.98 Å². The number of hydrogen-bond donors (Lipinski definition) is 0. The lowest BCUT2D eigenvalue weighted by Crippen LogP contribution is -2.04. The summed E-state index contributed by atoms with van der Waals surface area (Å²) in [5.74, 6) is 0.309. The monoisotopic (exact) mass is 271 g/mol. The number of benzene rings is 2. The van der Waals surface area contributed by atoms with Crippen LogP contribution < -0.4 is 0 Å². The Balaban J connectivity index is 1.89. The zero-order valence-corrected chi connectivity index (χ0v) is 10.7. The predicted octanol–water partition coefficient (Wildman–Crippen LogP) is 3.91. The maximum absolute atomic E-state index is 12.1. The third-order valence-corrected chi connectivity index (χ3v) is 3.15. The summed E-state index contributed by atoms with van der Waals surface area (Å²) in [6, 6.07) is 14.4. The van der Waals surface area contributed by atoms with Gasteiger partial charge in [-0.3, -0.25) is 4.79 Å². The molecule has 0 bridgehead atoms. The fourth-order valence-electron chi connectivity index (χ4n) is 1.92. The normalized spacial score (nSPS) is 10.8. The van der Waals surface area contributed by atoms with E-state index >= 15 is 0 Å². The second-order valence-electron chi connectivity index (χ2n) is 4.16. The van der Waals surface area contributed by atoms with Crippen LogP contribution in [0.1, 0.15) is 16.2 Å². The van der Waals surface area contributed by atoms with Crippen LogP contribution in [0, 0.1) is 0 Å². The number of rotatable bonds is 3. The fourth-order valence-corrected chi connectivity index (χ4v) is 2.16. The van der Waals surface area contributed by atoms with Gasteiger partial charge in [-0.15, -0.1) is 0 Å². The number of fused-ring (bicyclic) bond motifs is 1. The molecule has 4 heteroatoms. The topological polar surface area (TPSA) is 43.1 Å². The molecule has 1 aromatic heterocycles. The lowest BCUT2D eigenvalue weighted by Gasteiger charge is -2.00. The van der Waals surface area contributed by atoms with Crippen molar-refractivity contribution in [1.82, 2.24) is 4.98 Å². The summed E-state index contributed by atoms with van der Waals surface area (Å²) in [4.78, 5) is 16.4. The van der Waals surface area contributed by atoms with Crippen molar-refractivity contribution < 1.29 is 9.21 Å². The summed E-state index contributed by atoms with van der Waals surface area (Å²) in [6.07, 6.45) is 0.110. The summed E-state index contributed by atoms with van der Waals surface area (Å²) < 4.78 is 5.53. The molecule has 0 atom stereocenters. The van der Waals surface area contributed by atoms with E-state index in [9.17, 15) is 4.79 Å². The number of ketones is 1. The van der Waals surface area contributed by atoms with Crippen molar-refractivity contribution >= 4 is 28.5 Å². The van der Waals surface area contributed by atoms with Gasteiger partial charge in [-0.2, -0.15) is 0 Å². The minimum Gasteiger partial charge on any atom is -0.440 e. The number of halogens is 1. The zero-order valence-electron chi connectivity index (χ0n) is 9.97. The molecule has 0 aliphatic heterocycles. The highest BCUT2D eigenvalue weighted by atomic mass is 35.5. The molecule has 0 aliphatic carbocycles. The maximum atomic E-state index is 12.1. The largest absolute Gasteiger partial charge is 0.440 e. The van der Waals surface area contributed by atoms with Crippen molar-refractivity contribution in [2.45, 2.75) is 6.42 Å². The van der Waals surface area contributed by atoms with Crippen molar-refractivity contribution in [2.24, 2.45) is 0 Å². The van der Waals surface area contributed by atoms with Crippen LogP contribution in [-0.2, 0) is 6.42 Å². The first-order valence-electron chi connectivity index (χ1n) is 5.86. The first-order chi connectivity index (χ1) is 9.24. The van der Waals surface area contributed by atoms with Crippen LogP contribution in [0.2, 0.25) is 5.02 Å². The molecule has 0 saturated heterocycles. The van der Waals surface area contributed by atoms with Crippen molar-refractivity contribution in [2.75, 3.05) is 0 Å². The molecule has 0 aliphatic rings. The summed E-state index contributed by atoms with van der Waals surface area (Å²) in [7, 11) is 0. The van der Waals surface area contributed by atoms with Crippen molar-refractivity contribution in [3.63, 3.8) is 0 Å². The summed E-state index contributed by atoms with van der Waals surface area (Å²) in [6.45, 7) is 0. The molecular formula is C15H10ClNO2. The average molecular weight is 272 g/mol.